The van der Waals surface area contributed by atoms with E-state index in [1.807, 2.05) is 24.3 Å². The highest BCUT2D eigenvalue weighted by atomic mass is 35.5. The van der Waals surface area contributed by atoms with E-state index in [1.54, 1.807) is 43.0 Å². The lowest BCUT2D eigenvalue weighted by Gasteiger charge is -2.25. The summed E-state index contributed by atoms with van der Waals surface area (Å²) in [7, 11) is 0. The van der Waals surface area contributed by atoms with Gasteiger partial charge in [0.15, 0.2) is 5.60 Å². The molecule has 0 saturated carbocycles. The molecule has 0 unspecified atom stereocenters. The summed E-state index contributed by atoms with van der Waals surface area (Å²) in [4.78, 5) is 26.1. The van der Waals surface area contributed by atoms with Crippen LogP contribution in [0.2, 0.25) is 5.02 Å². The number of hydrogen-bond acceptors (Lipinski definition) is 3. The molecule has 5 nitrogen and oxygen atoms in total. The number of nitrogens with one attached hydrogen (secondary N) is 1. The zero-order chi connectivity index (χ0) is 19.4. The minimum Gasteiger partial charge on any atom is -0.478 e. The SMILES string of the molecule is CC(C)(Oc1ccc(Cl)cc1)C(=O)NCc1ccc(N2CCCC2=O)cc1. The van der Waals surface area contributed by atoms with Crippen molar-refractivity contribution in [2.45, 2.75) is 38.8 Å². The Hall–Kier alpha value is -2.53. The molecular formula is C21H23ClN2O3. The maximum absolute atomic E-state index is 12.5. The van der Waals surface area contributed by atoms with Gasteiger partial charge >= 0.3 is 0 Å². The molecule has 1 heterocycles. The molecule has 142 valence electrons. The van der Waals surface area contributed by atoms with E-state index >= 15 is 0 Å². The Balaban J connectivity index is 1.56. The zero-order valence-electron chi connectivity index (χ0n) is 15.5. The van der Waals surface area contributed by atoms with Gasteiger partial charge in [-0.3, -0.25) is 9.59 Å². The van der Waals surface area contributed by atoms with Gasteiger partial charge in [0.05, 0.1) is 0 Å². The maximum Gasteiger partial charge on any atom is 0.263 e. The summed E-state index contributed by atoms with van der Waals surface area (Å²) in [5.74, 6) is 0.535. The highest BCUT2D eigenvalue weighted by Gasteiger charge is 2.29. The third kappa shape index (κ3) is 4.80. The molecule has 0 aliphatic carbocycles. The van der Waals surface area contributed by atoms with Crippen molar-refractivity contribution in [2.75, 3.05) is 11.4 Å². The number of carbonyl (C=O) groups is 2. The Morgan fingerprint density at radius 2 is 1.81 bits per heavy atom. The summed E-state index contributed by atoms with van der Waals surface area (Å²) >= 11 is 5.87. The van der Waals surface area contributed by atoms with Gasteiger partial charge in [-0.15, -0.1) is 0 Å². The monoisotopic (exact) mass is 386 g/mol. The lowest BCUT2D eigenvalue weighted by atomic mass is 10.1. The van der Waals surface area contributed by atoms with E-state index in [0.717, 1.165) is 24.2 Å². The molecule has 1 aliphatic rings. The third-order valence-corrected chi connectivity index (χ3v) is 4.76. The van der Waals surface area contributed by atoms with Crippen LogP contribution in [0.5, 0.6) is 5.75 Å². The van der Waals surface area contributed by atoms with Crippen LogP contribution in [-0.2, 0) is 16.1 Å². The number of nitrogens with zero attached hydrogens (tertiary/aromatic N) is 1. The van der Waals surface area contributed by atoms with Crippen LogP contribution in [-0.4, -0.2) is 24.0 Å². The zero-order valence-corrected chi connectivity index (χ0v) is 16.3. The lowest BCUT2D eigenvalue weighted by molar-refractivity contribution is -0.134. The molecule has 0 bridgehead atoms. The van der Waals surface area contributed by atoms with E-state index in [0.29, 0.717) is 23.7 Å². The van der Waals surface area contributed by atoms with Gasteiger partial charge in [0.2, 0.25) is 5.91 Å². The molecule has 2 aromatic rings. The first-order chi connectivity index (χ1) is 12.8. The number of carbonyl (C=O) groups excluding carboxylic acids is 2. The fraction of sp³-hybridized carbons (Fsp3) is 0.333. The van der Waals surface area contributed by atoms with Crippen molar-refractivity contribution in [1.29, 1.82) is 0 Å². The Bertz CT molecular complexity index is 816. The molecular weight excluding hydrogens is 364 g/mol. The van der Waals surface area contributed by atoms with Gasteiger partial charge in [-0.25, -0.2) is 0 Å². The van der Waals surface area contributed by atoms with Crippen molar-refractivity contribution in [2.24, 2.45) is 0 Å². The van der Waals surface area contributed by atoms with Crippen molar-refractivity contribution in [1.82, 2.24) is 5.32 Å². The summed E-state index contributed by atoms with van der Waals surface area (Å²) in [6.45, 7) is 4.60. The Labute approximate surface area is 164 Å². The number of ether oxygens (including phenoxy) is 1. The lowest BCUT2D eigenvalue weighted by Crippen LogP contribution is -2.46. The Kier molecular flexibility index (Phi) is 5.71. The molecule has 3 rings (SSSR count). The number of amides is 2. The number of halogens is 1. The van der Waals surface area contributed by atoms with Gasteiger partial charge in [-0.2, -0.15) is 0 Å². The number of anilines is 1. The van der Waals surface area contributed by atoms with Gasteiger partial charge in [-0.1, -0.05) is 23.7 Å². The van der Waals surface area contributed by atoms with Gasteiger partial charge in [0.25, 0.3) is 5.91 Å². The van der Waals surface area contributed by atoms with E-state index in [2.05, 4.69) is 5.32 Å². The molecule has 0 aromatic heterocycles. The second-order valence-electron chi connectivity index (χ2n) is 7.06. The molecule has 2 aromatic carbocycles. The largest absolute Gasteiger partial charge is 0.478 e. The van der Waals surface area contributed by atoms with Crippen LogP contribution in [0.1, 0.15) is 32.3 Å². The average molecular weight is 387 g/mol. The summed E-state index contributed by atoms with van der Waals surface area (Å²) < 4.78 is 5.79. The second-order valence-corrected chi connectivity index (χ2v) is 7.50. The van der Waals surface area contributed by atoms with E-state index in [-0.39, 0.29) is 11.8 Å². The van der Waals surface area contributed by atoms with Crippen LogP contribution in [0.25, 0.3) is 0 Å². The first kappa shape index (κ1) is 19.2. The predicted molar refractivity (Wildman–Crippen MR) is 106 cm³/mol. The fourth-order valence-corrected chi connectivity index (χ4v) is 3.08. The van der Waals surface area contributed by atoms with E-state index in [9.17, 15) is 9.59 Å². The first-order valence-electron chi connectivity index (χ1n) is 8.97. The van der Waals surface area contributed by atoms with Crippen LogP contribution >= 0.6 is 11.6 Å². The molecule has 1 saturated heterocycles. The van der Waals surface area contributed by atoms with Gasteiger partial charge < -0.3 is 15.0 Å². The predicted octanol–water partition coefficient (Wildman–Crippen LogP) is 3.94. The van der Waals surface area contributed by atoms with Crippen molar-refractivity contribution in [3.63, 3.8) is 0 Å². The topological polar surface area (TPSA) is 58.6 Å². The summed E-state index contributed by atoms with van der Waals surface area (Å²) in [6.07, 6.45) is 1.51. The third-order valence-electron chi connectivity index (χ3n) is 4.51. The molecule has 1 aliphatic heterocycles. The van der Waals surface area contributed by atoms with Crippen LogP contribution in [0, 0.1) is 0 Å². The molecule has 6 heteroatoms. The van der Waals surface area contributed by atoms with Crippen molar-refractivity contribution < 1.29 is 14.3 Å². The van der Waals surface area contributed by atoms with Crippen molar-refractivity contribution in [3.05, 3.63) is 59.1 Å². The van der Waals surface area contributed by atoms with Crippen molar-refractivity contribution in [3.8, 4) is 5.75 Å². The minimum absolute atomic E-state index is 0.164. The molecule has 27 heavy (non-hydrogen) atoms. The van der Waals surface area contributed by atoms with Crippen LogP contribution in [0.15, 0.2) is 48.5 Å². The smallest absolute Gasteiger partial charge is 0.263 e. The van der Waals surface area contributed by atoms with Gasteiger partial charge in [-0.05, 0) is 62.2 Å². The number of rotatable bonds is 6. The molecule has 2 amide bonds. The highest BCUT2D eigenvalue weighted by molar-refractivity contribution is 6.30. The van der Waals surface area contributed by atoms with Gasteiger partial charge in [0, 0.05) is 30.2 Å². The summed E-state index contributed by atoms with van der Waals surface area (Å²) in [6, 6.07) is 14.6. The van der Waals surface area contributed by atoms with Crippen LogP contribution < -0.4 is 15.0 Å². The number of hydrogen-bond donors (Lipinski definition) is 1. The first-order valence-corrected chi connectivity index (χ1v) is 9.35. The van der Waals surface area contributed by atoms with Gasteiger partial charge in [0.1, 0.15) is 5.75 Å². The van der Waals surface area contributed by atoms with Crippen LogP contribution in [0.3, 0.4) is 0 Å². The summed E-state index contributed by atoms with van der Waals surface area (Å²) in [5.41, 5.74) is 0.843. The molecule has 1 fully saturated rings. The summed E-state index contributed by atoms with van der Waals surface area (Å²) in [5, 5.41) is 3.51. The number of benzene rings is 2. The molecule has 0 spiro atoms. The fourth-order valence-electron chi connectivity index (χ4n) is 2.95. The Morgan fingerprint density at radius 3 is 2.41 bits per heavy atom. The van der Waals surface area contributed by atoms with Crippen molar-refractivity contribution >= 4 is 29.1 Å². The van der Waals surface area contributed by atoms with E-state index < -0.39 is 5.60 Å². The Morgan fingerprint density at radius 1 is 1.15 bits per heavy atom. The normalized spacial score (nSPS) is 14.3. The maximum atomic E-state index is 12.5. The van der Waals surface area contributed by atoms with E-state index in [1.165, 1.54) is 0 Å². The highest BCUT2D eigenvalue weighted by Crippen LogP contribution is 2.23. The van der Waals surface area contributed by atoms with E-state index in [4.69, 9.17) is 16.3 Å². The second kappa shape index (κ2) is 8.01. The molecule has 1 N–H and O–H groups in total. The quantitative estimate of drug-likeness (QED) is 0.818. The molecule has 0 atom stereocenters. The average Bonchev–Trinajstić information content (AvgIpc) is 3.08. The minimum atomic E-state index is -1.02. The standard InChI is InChI=1S/C21H23ClN2O3/c1-21(2,27-18-11-7-16(22)8-12-18)20(26)23-14-15-5-9-17(10-6-15)24-13-3-4-19(24)25/h5-12H,3-4,13-14H2,1-2H3,(H,23,26). The molecule has 0 radical (unpaired) electrons. The van der Waals surface area contributed by atoms with Crippen LogP contribution in [0.4, 0.5) is 5.69 Å².